The smallest absolute Gasteiger partial charge is 0.112 e. The zero-order valence-corrected chi connectivity index (χ0v) is 10.1. The van der Waals surface area contributed by atoms with E-state index in [0.717, 1.165) is 38.2 Å². The van der Waals surface area contributed by atoms with Gasteiger partial charge in [0.15, 0.2) is 0 Å². The van der Waals surface area contributed by atoms with Crippen LogP contribution >= 0.6 is 0 Å². The molecule has 1 heterocycles. The molecule has 0 aromatic heterocycles. The van der Waals surface area contributed by atoms with E-state index < -0.39 is 0 Å². The number of nitrogens with one attached hydrogen (secondary N) is 1. The van der Waals surface area contributed by atoms with Crippen LogP contribution in [0.5, 0.6) is 0 Å². The topological polar surface area (TPSA) is 30.5 Å². The molecule has 3 nitrogen and oxygen atoms in total. The molecule has 1 rings (SSSR count). The zero-order chi connectivity index (χ0) is 11.1. The Bertz CT molecular complexity index is 204. The normalized spacial score (nSPS) is 20.3. The van der Waals surface area contributed by atoms with Crippen LogP contribution in [-0.2, 0) is 9.47 Å². The van der Waals surface area contributed by atoms with Crippen LogP contribution in [0.15, 0.2) is 11.8 Å². The minimum absolute atomic E-state index is 0.154. The van der Waals surface area contributed by atoms with Gasteiger partial charge < -0.3 is 14.8 Å². The summed E-state index contributed by atoms with van der Waals surface area (Å²) in [6.45, 7) is 6.08. The van der Waals surface area contributed by atoms with Crippen molar-refractivity contribution in [1.29, 1.82) is 0 Å². The maximum absolute atomic E-state index is 5.68. The first-order valence-corrected chi connectivity index (χ1v) is 5.88. The molecule has 0 aromatic rings. The minimum atomic E-state index is 0.154. The van der Waals surface area contributed by atoms with Gasteiger partial charge in [-0.05, 0) is 38.8 Å². The Morgan fingerprint density at radius 2 is 2.40 bits per heavy atom. The van der Waals surface area contributed by atoms with E-state index >= 15 is 0 Å². The van der Waals surface area contributed by atoms with Crippen LogP contribution in [0.25, 0.3) is 0 Å². The highest BCUT2D eigenvalue weighted by Gasteiger charge is 2.23. The summed E-state index contributed by atoms with van der Waals surface area (Å²) in [7, 11) is 1.74. The SMILES string of the molecule is CCCNC(C1=CCCCO1)C(C)OC. The first-order valence-electron chi connectivity index (χ1n) is 5.88. The third kappa shape index (κ3) is 3.84. The molecule has 0 saturated carbocycles. The molecule has 0 fully saturated rings. The summed E-state index contributed by atoms with van der Waals surface area (Å²) in [5.74, 6) is 1.06. The highest BCUT2D eigenvalue weighted by atomic mass is 16.5. The number of hydrogen-bond acceptors (Lipinski definition) is 3. The summed E-state index contributed by atoms with van der Waals surface area (Å²) >= 11 is 0. The van der Waals surface area contributed by atoms with Crippen molar-refractivity contribution >= 4 is 0 Å². The third-order valence-corrected chi connectivity index (χ3v) is 2.72. The van der Waals surface area contributed by atoms with Gasteiger partial charge in [-0.15, -0.1) is 0 Å². The molecule has 1 aliphatic heterocycles. The van der Waals surface area contributed by atoms with Crippen molar-refractivity contribution in [3.05, 3.63) is 11.8 Å². The molecule has 0 amide bonds. The van der Waals surface area contributed by atoms with Crippen molar-refractivity contribution in [2.75, 3.05) is 20.3 Å². The van der Waals surface area contributed by atoms with E-state index in [-0.39, 0.29) is 12.1 Å². The van der Waals surface area contributed by atoms with Crippen molar-refractivity contribution in [2.45, 2.75) is 45.3 Å². The standard InChI is InChI=1S/C12H23NO2/c1-4-8-13-12(10(2)14-3)11-7-5-6-9-15-11/h7,10,12-13H,4-6,8-9H2,1-3H3. The van der Waals surface area contributed by atoms with Gasteiger partial charge in [-0.25, -0.2) is 0 Å². The van der Waals surface area contributed by atoms with Crippen molar-refractivity contribution < 1.29 is 9.47 Å². The first kappa shape index (κ1) is 12.5. The molecule has 0 saturated heterocycles. The molecule has 0 aliphatic carbocycles. The van der Waals surface area contributed by atoms with E-state index in [9.17, 15) is 0 Å². The van der Waals surface area contributed by atoms with Gasteiger partial charge in [-0.2, -0.15) is 0 Å². The molecule has 2 atom stereocenters. The highest BCUT2D eigenvalue weighted by molar-refractivity contribution is 5.07. The molecule has 3 heteroatoms. The first-order chi connectivity index (χ1) is 7.29. The number of rotatable bonds is 6. The van der Waals surface area contributed by atoms with Crippen LogP contribution in [-0.4, -0.2) is 32.4 Å². The van der Waals surface area contributed by atoms with E-state index in [1.807, 2.05) is 0 Å². The number of allylic oxidation sites excluding steroid dienone is 1. The van der Waals surface area contributed by atoms with Crippen LogP contribution in [0.4, 0.5) is 0 Å². The molecule has 15 heavy (non-hydrogen) atoms. The lowest BCUT2D eigenvalue weighted by Crippen LogP contribution is -2.42. The Morgan fingerprint density at radius 3 is 2.93 bits per heavy atom. The Hall–Kier alpha value is -0.540. The molecule has 88 valence electrons. The molecular formula is C12H23NO2. The quantitative estimate of drug-likeness (QED) is 0.733. The molecule has 2 unspecified atom stereocenters. The molecule has 0 spiro atoms. The second-order valence-electron chi connectivity index (χ2n) is 3.97. The Labute approximate surface area is 92.8 Å². The lowest BCUT2D eigenvalue weighted by Gasteiger charge is -2.28. The Morgan fingerprint density at radius 1 is 1.60 bits per heavy atom. The molecule has 1 N–H and O–H groups in total. The van der Waals surface area contributed by atoms with Crippen molar-refractivity contribution in [1.82, 2.24) is 5.32 Å². The van der Waals surface area contributed by atoms with Crippen molar-refractivity contribution in [2.24, 2.45) is 0 Å². The van der Waals surface area contributed by atoms with Crippen LogP contribution in [0.2, 0.25) is 0 Å². The van der Waals surface area contributed by atoms with Gasteiger partial charge >= 0.3 is 0 Å². The summed E-state index contributed by atoms with van der Waals surface area (Å²) in [5.41, 5.74) is 0. The van der Waals surface area contributed by atoms with Crippen LogP contribution < -0.4 is 5.32 Å². The maximum atomic E-state index is 5.68. The lowest BCUT2D eigenvalue weighted by molar-refractivity contribution is 0.0618. The monoisotopic (exact) mass is 213 g/mol. The van der Waals surface area contributed by atoms with E-state index in [0.29, 0.717) is 0 Å². The number of ether oxygens (including phenoxy) is 2. The summed E-state index contributed by atoms with van der Waals surface area (Å²) in [6.07, 6.45) is 5.72. The fraction of sp³-hybridized carbons (Fsp3) is 0.833. The minimum Gasteiger partial charge on any atom is -0.496 e. The maximum Gasteiger partial charge on any atom is 0.112 e. The third-order valence-electron chi connectivity index (χ3n) is 2.72. The summed E-state index contributed by atoms with van der Waals surface area (Å²) in [4.78, 5) is 0. The summed E-state index contributed by atoms with van der Waals surface area (Å²) in [6, 6.07) is 0.204. The zero-order valence-electron chi connectivity index (χ0n) is 10.1. The van der Waals surface area contributed by atoms with Gasteiger partial charge in [0.1, 0.15) is 5.76 Å². The summed E-state index contributed by atoms with van der Waals surface area (Å²) < 4.78 is 11.1. The van der Waals surface area contributed by atoms with Crippen LogP contribution in [0.3, 0.4) is 0 Å². The molecule has 0 bridgehead atoms. The largest absolute Gasteiger partial charge is 0.496 e. The van der Waals surface area contributed by atoms with E-state index in [4.69, 9.17) is 9.47 Å². The van der Waals surface area contributed by atoms with Crippen molar-refractivity contribution in [3.63, 3.8) is 0 Å². The predicted molar refractivity (Wildman–Crippen MR) is 61.8 cm³/mol. The fourth-order valence-corrected chi connectivity index (χ4v) is 1.73. The summed E-state index contributed by atoms with van der Waals surface area (Å²) in [5, 5.41) is 3.47. The van der Waals surface area contributed by atoms with Crippen LogP contribution in [0.1, 0.15) is 33.1 Å². The molecule has 0 radical (unpaired) electrons. The molecule has 0 aromatic carbocycles. The van der Waals surface area contributed by atoms with Gasteiger partial charge in [-0.1, -0.05) is 6.92 Å². The van der Waals surface area contributed by atoms with E-state index in [1.54, 1.807) is 7.11 Å². The fourth-order valence-electron chi connectivity index (χ4n) is 1.73. The Balaban J connectivity index is 2.57. The van der Waals surface area contributed by atoms with Gasteiger partial charge in [0.05, 0.1) is 18.8 Å². The van der Waals surface area contributed by atoms with E-state index in [1.165, 1.54) is 0 Å². The van der Waals surface area contributed by atoms with Gasteiger partial charge in [0.2, 0.25) is 0 Å². The average Bonchev–Trinajstić information content (AvgIpc) is 2.30. The van der Waals surface area contributed by atoms with E-state index in [2.05, 4.69) is 25.2 Å². The lowest BCUT2D eigenvalue weighted by atomic mass is 10.1. The van der Waals surface area contributed by atoms with Gasteiger partial charge in [0.25, 0.3) is 0 Å². The van der Waals surface area contributed by atoms with Gasteiger partial charge in [-0.3, -0.25) is 0 Å². The highest BCUT2D eigenvalue weighted by Crippen LogP contribution is 2.17. The van der Waals surface area contributed by atoms with Crippen LogP contribution in [0, 0.1) is 0 Å². The number of methoxy groups -OCH3 is 1. The average molecular weight is 213 g/mol. The molecule has 1 aliphatic rings. The second-order valence-corrected chi connectivity index (χ2v) is 3.97. The van der Waals surface area contributed by atoms with Gasteiger partial charge in [0, 0.05) is 7.11 Å². The predicted octanol–water partition coefficient (Wildman–Crippen LogP) is 2.08. The second kappa shape index (κ2) is 6.85. The molecular weight excluding hydrogens is 190 g/mol. The van der Waals surface area contributed by atoms with Crippen molar-refractivity contribution in [3.8, 4) is 0 Å². The number of hydrogen-bond donors (Lipinski definition) is 1. The Kier molecular flexibility index (Phi) is 5.73.